The smallest absolute Gasteiger partial charge is 0.302 e. The Kier molecular flexibility index (Phi) is 11.5. The zero-order valence-electron chi connectivity index (χ0n) is 33.6. The van der Waals surface area contributed by atoms with Crippen molar-refractivity contribution in [3.8, 4) is 11.5 Å². The molecule has 6 aliphatic rings. The van der Waals surface area contributed by atoms with Crippen molar-refractivity contribution < 1.29 is 68.8 Å². The molecule has 5 aliphatic heterocycles. The average Bonchev–Trinajstić information content (AvgIpc) is 3.59. The minimum atomic E-state index is -1.89. The molecule has 0 saturated carbocycles. The van der Waals surface area contributed by atoms with E-state index < -0.39 is 85.4 Å². The Labute approximate surface area is 359 Å². The Hall–Kier alpha value is -5.77. The molecule has 0 spiro atoms. The van der Waals surface area contributed by atoms with Crippen LogP contribution < -0.4 is 20.1 Å². The van der Waals surface area contributed by atoms with Crippen molar-refractivity contribution in [1.82, 2.24) is 0 Å². The second-order valence-corrected chi connectivity index (χ2v) is 16.4. The zero-order chi connectivity index (χ0) is 44.3. The number of guanidine groups is 1. The van der Waals surface area contributed by atoms with Crippen LogP contribution in [0.2, 0.25) is 0 Å². The topological polar surface area (TPSA) is 293 Å². The molecule has 4 bridgehead atoms. The van der Waals surface area contributed by atoms with Crippen molar-refractivity contribution in [2.24, 2.45) is 32.5 Å². The molecule has 0 aromatic heterocycles. The van der Waals surface area contributed by atoms with Crippen molar-refractivity contribution >= 4 is 47.0 Å². The predicted molar refractivity (Wildman–Crippen MR) is 220 cm³/mol. The number of amides is 1. The first kappa shape index (κ1) is 42.5. The van der Waals surface area contributed by atoms with Crippen LogP contribution in [0.5, 0.6) is 11.5 Å². The van der Waals surface area contributed by atoms with E-state index in [9.17, 15) is 49.8 Å². The lowest BCUT2D eigenvalue weighted by molar-refractivity contribution is -0.291. The first-order valence-corrected chi connectivity index (χ1v) is 20.7. The van der Waals surface area contributed by atoms with E-state index in [0.29, 0.717) is 35.9 Å². The molecule has 19 heteroatoms. The van der Waals surface area contributed by atoms with Crippen molar-refractivity contribution in [3.05, 3.63) is 87.5 Å². The molecular weight excluding hydrogens is 823 g/mol. The van der Waals surface area contributed by atoms with Gasteiger partial charge in [-0.1, -0.05) is 24.3 Å². The number of benzene rings is 3. The normalized spacial score (nSPS) is 29.1. The number of aliphatic imine (C=N–C) groups is 3. The van der Waals surface area contributed by atoms with Crippen LogP contribution in [-0.4, -0.2) is 141 Å². The third-order valence-electron chi connectivity index (χ3n) is 12.7. The van der Waals surface area contributed by atoms with Crippen LogP contribution in [0, 0.1) is 11.8 Å². The lowest BCUT2D eigenvalue weighted by Gasteiger charge is -2.43. The van der Waals surface area contributed by atoms with Gasteiger partial charge >= 0.3 is 5.91 Å². The molecule has 330 valence electrons. The first-order chi connectivity index (χ1) is 30.4. The van der Waals surface area contributed by atoms with Gasteiger partial charge in [0.2, 0.25) is 12.2 Å². The fraction of sp³-hybridized carbons (Fsp3) is 0.432. The number of fused-ring (bicyclic) bond motifs is 10. The Morgan fingerprint density at radius 2 is 1.75 bits per heavy atom. The number of aliphatic hydroxyl groups is 6. The summed E-state index contributed by atoms with van der Waals surface area (Å²) >= 11 is 0. The SMILES string of the molecule is NC1=NC(=O)C2=NCN(c3ccccc3C3c4cc5c(c(OCC(O)CC=O)c4OC4OC(C6CCC(CCO)C3CO6)C(O)C(O)C4O)C(=O)c3cc(CO)ccc3C5=O)C2=N1. The van der Waals surface area contributed by atoms with Crippen LogP contribution >= 0.6 is 0 Å². The Morgan fingerprint density at radius 3 is 2.52 bits per heavy atom. The molecule has 3 aromatic carbocycles. The lowest BCUT2D eigenvalue weighted by Crippen LogP contribution is -2.62. The van der Waals surface area contributed by atoms with Gasteiger partial charge in [-0.2, -0.15) is 9.98 Å². The zero-order valence-corrected chi connectivity index (χ0v) is 33.6. The summed E-state index contributed by atoms with van der Waals surface area (Å²) in [5.41, 5.74) is 7.13. The number of carbonyl (C=O) groups excluding carboxylic acids is 4. The van der Waals surface area contributed by atoms with Gasteiger partial charge < -0.3 is 65.0 Å². The highest BCUT2D eigenvalue weighted by molar-refractivity contribution is 6.72. The highest BCUT2D eigenvalue weighted by Crippen LogP contribution is 2.53. The number of anilines is 1. The number of aldehydes is 1. The monoisotopic (exact) mass is 867 g/mol. The Bertz CT molecular complexity index is 2470. The van der Waals surface area contributed by atoms with Gasteiger partial charge in [0, 0.05) is 46.9 Å². The molecule has 2 saturated heterocycles. The largest absolute Gasteiger partial charge is 0.486 e. The number of hydrogen-bond donors (Lipinski definition) is 7. The molecule has 63 heavy (non-hydrogen) atoms. The quantitative estimate of drug-likeness (QED) is 0.102. The molecule has 1 aliphatic carbocycles. The molecule has 19 nitrogen and oxygen atoms in total. The molecular formula is C44H45N5O14. The standard InChI is InChI=1S/C44H45N5O14/c45-44-47-41-32(42(59)48-44)46-18-49(41)28-4-2-1-3-23(28)30-26-14-25-31(34(55)24-13-19(15-52)5-7-22(24)33(25)54)40(61-16-21(53)10-12-51)38(26)62-43-37(58)35(56)36(57)39(63-43)29-8-6-20(9-11-50)27(30)17-60-29/h1-5,7,12-14,20-21,27,29-30,35-37,39,43,50,52-53,56-58H,6,8-11,15-18H2,(H2,45,48,59). The molecule has 8 N–H and O–H groups in total. The van der Waals surface area contributed by atoms with Gasteiger partial charge in [0.05, 0.1) is 31.0 Å². The third kappa shape index (κ3) is 7.33. The van der Waals surface area contributed by atoms with E-state index in [2.05, 4.69) is 15.0 Å². The number of aliphatic hydroxyl groups excluding tert-OH is 6. The molecule has 1 amide bonds. The number of rotatable bonds is 10. The molecule has 5 heterocycles. The molecule has 9 rings (SSSR count). The number of carbonyl (C=O) groups is 4. The van der Waals surface area contributed by atoms with Crippen LogP contribution in [0.25, 0.3) is 0 Å². The number of ether oxygens (including phenoxy) is 4. The average molecular weight is 868 g/mol. The summed E-state index contributed by atoms with van der Waals surface area (Å²) in [5, 5.41) is 65.6. The maximum atomic E-state index is 14.8. The van der Waals surface area contributed by atoms with Crippen molar-refractivity contribution in [3.63, 3.8) is 0 Å². The van der Waals surface area contributed by atoms with E-state index in [1.807, 2.05) is 6.07 Å². The van der Waals surface area contributed by atoms with Gasteiger partial charge in [-0.15, -0.1) is 0 Å². The number of ketones is 2. The molecule has 10 atom stereocenters. The van der Waals surface area contributed by atoms with Crippen LogP contribution in [-0.2, 0) is 25.7 Å². The second kappa shape index (κ2) is 17.1. The number of nitrogens with zero attached hydrogens (tertiary/aromatic N) is 4. The van der Waals surface area contributed by atoms with E-state index in [4.69, 9.17) is 24.7 Å². The maximum absolute atomic E-state index is 14.8. The summed E-state index contributed by atoms with van der Waals surface area (Å²) in [6, 6.07) is 13.0. The molecule has 3 aromatic rings. The number of amidine groups is 1. The Morgan fingerprint density at radius 1 is 0.937 bits per heavy atom. The van der Waals surface area contributed by atoms with Crippen molar-refractivity contribution in [2.45, 2.75) is 81.1 Å². The van der Waals surface area contributed by atoms with Gasteiger partial charge in [0.15, 0.2) is 34.6 Å². The van der Waals surface area contributed by atoms with Crippen LogP contribution in [0.4, 0.5) is 5.69 Å². The second-order valence-electron chi connectivity index (χ2n) is 16.4. The van der Waals surface area contributed by atoms with Gasteiger partial charge in [0.1, 0.15) is 44.0 Å². The highest BCUT2D eigenvalue weighted by atomic mass is 16.7. The fourth-order valence-corrected chi connectivity index (χ4v) is 9.65. The van der Waals surface area contributed by atoms with Gasteiger partial charge in [0.25, 0.3) is 0 Å². The van der Waals surface area contributed by atoms with E-state index in [0.717, 1.165) is 0 Å². The van der Waals surface area contributed by atoms with E-state index >= 15 is 0 Å². The summed E-state index contributed by atoms with van der Waals surface area (Å²) in [6.07, 6.45) is -9.47. The lowest BCUT2D eigenvalue weighted by atomic mass is 9.70. The van der Waals surface area contributed by atoms with Crippen LogP contribution in [0.15, 0.2) is 63.5 Å². The minimum Gasteiger partial charge on any atom is -0.486 e. The van der Waals surface area contributed by atoms with Gasteiger partial charge in [-0.05, 0) is 66.5 Å². The third-order valence-corrected chi connectivity index (χ3v) is 12.7. The Balaban J connectivity index is 1.35. The summed E-state index contributed by atoms with van der Waals surface area (Å²) in [7, 11) is 0. The molecule has 0 radical (unpaired) electrons. The van der Waals surface area contributed by atoms with E-state index in [1.165, 1.54) is 24.3 Å². The van der Waals surface area contributed by atoms with E-state index in [1.54, 1.807) is 23.1 Å². The number of para-hydroxylation sites is 1. The summed E-state index contributed by atoms with van der Waals surface area (Å²) in [6.45, 7) is -1.36. The van der Waals surface area contributed by atoms with Gasteiger partial charge in [-0.3, -0.25) is 19.4 Å². The fourth-order valence-electron chi connectivity index (χ4n) is 9.65. The number of nitrogens with two attached hydrogens (primary N) is 1. The van der Waals surface area contributed by atoms with Crippen LogP contribution in [0.3, 0.4) is 0 Å². The summed E-state index contributed by atoms with van der Waals surface area (Å²) < 4.78 is 25.9. The maximum Gasteiger partial charge on any atom is 0.302 e. The predicted octanol–water partition coefficient (Wildman–Crippen LogP) is -0.119. The van der Waals surface area contributed by atoms with E-state index in [-0.39, 0.29) is 95.5 Å². The highest BCUT2D eigenvalue weighted by Gasteiger charge is 2.52. The number of hydrogen-bond acceptors (Lipinski definition) is 18. The molecule has 2 fully saturated rings. The van der Waals surface area contributed by atoms with Gasteiger partial charge in [-0.25, -0.2) is 0 Å². The minimum absolute atomic E-state index is 0.00901. The van der Waals surface area contributed by atoms with Crippen molar-refractivity contribution in [1.29, 1.82) is 0 Å². The molecule has 10 unspecified atom stereocenters. The van der Waals surface area contributed by atoms with Crippen LogP contribution in [0.1, 0.15) is 80.1 Å². The van der Waals surface area contributed by atoms with Crippen molar-refractivity contribution in [2.75, 3.05) is 31.4 Å². The summed E-state index contributed by atoms with van der Waals surface area (Å²) in [5.74, 6) is -4.58. The first-order valence-electron chi connectivity index (χ1n) is 20.7. The summed E-state index contributed by atoms with van der Waals surface area (Å²) in [4.78, 5) is 68.3.